The minimum Gasteiger partial charge on any atom is -0.334 e. The van der Waals surface area contributed by atoms with Gasteiger partial charge in [0.05, 0.1) is 0 Å². The number of carbonyl (C=O) groups is 2. The predicted molar refractivity (Wildman–Crippen MR) is 125 cm³/mol. The number of nitrogens with zero attached hydrogens (tertiary/aromatic N) is 1. The molecule has 3 aromatic rings. The topological polar surface area (TPSA) is 94.3 Å². The Bertz CT molecular complexity index is 1200. The highest BCUT2D eigenvalue weighted by Gasteiger charge is 2.22. The number of amides is 3. The number of hydrogen-bond donors (Lipinski definition) is 3. The molecule has 4 rings (SSSR count). The zero-order valence-electron chi connectivity index (χ0n) is 18.0. The molecule has 0 aliphatic carbocycles. The molecule has 0 radical (unpaired) electrons. The van der Waals surface area contributed by atoms with Gasteiger partial charge in [-0.25, -0.2) is 4.79 Å². The third-order valence-electron chi connectivity index (χ3n) is 5.70. The molecule has 0 saturated heterocycles. The van der Waals surface area contributed by atoms with Crippen LogP contribution < -0.4 is 21.1 Å². The highest BCUT2D eigenvalue weighted by Crippen LogP contribution is 2.28. The molecule has 1 aliphatic heterocycles. The van der Waals surface area contributed by atoms with Gasteiger partial charge in [-0.3, -0.25) is 9.59 Å². The molecule has 0 spiro atoms. The smallest absolute Gasteiger partial charge is 0.319 e. The molecule has 0 fully saturated rings. The summed E-state index contributed by atoms with van der Waals surface area (Å²) in [6.07, 6.45) is 4.53. The summed E-state index contributed by atoms with van der Waals surface area (Å²) in [5.74, 6) is -0.0111. The number of aromatic nitrogens is 1. The van der Waals surface area contributed by atoms with Crippen LogP contribution in [0.5, 0.6) is 0 Å². The van der Waals surface area contributed by atoms with Gasteiger partial charge in [0.1, 0.15) is 5.69 Å². The van der Waals surface area contributed by atoms with Crippen LogP contribution in [-0.4, -0.2) is 23.5 Å². The number of para-hydroxylation sites is 1. The van der Waals surface area contributed by atoms with Gasteiger partial charge in [0.2, 0.25) is 0 Å². The monoisotopic (exact) mass is 430 g/mol. The summed E-state index contributed by atoms with van der Waals surface area (Å²) in [7, 11) is 0. The first kappa shape index (κ1) is 21.4. The van der Waals surface area contributed by atoms with E-state index in [0.29, 0.717) is 12.1 Å². The Morgan fingerprint density at radius 1 is 1.06 bits per heavy atom. The van der Waals surface area contributed by atoms with Crippen molar-refractivity contribution >= 4 is 23.3 Å². The van der Waals surface area contributed by atoms with Crippen molar-refractivity contribution in [2.75, 3.05) is 16.8 Å². The number of aryl methyl sites for hydroxylation is 2. The molecule has 0 saturated carbocycles. The van der Waals surface area contributed by atoms with Crippen molar-refractivity contribution in [3.8, 4) is 0 Å². The van der Waals surface area contributed by atoms with Crippen molar-refractivity contribution in [3.63, 3.8) is 0 Å². The maximum Gasteiger partial charge on any atom is 0.319 e. The van der Waals surface area contributed by atoms with E-state index in [9.17, 15) is 14.4 Å². The fourth-order valence-electron chi connectivity index (χ4n) is 3.95. The molecule has 1 aliphatic rings. The SMILES string of the molecule is Cc1cc(C(=O)N2CCCCc3ccccc32)ccc1CNC(=O)Nc1ccc[nH]c1=O. The zero-order valence-corrected chi connectivity index (χ0v) is 18.0. The largest absolute Gasteiger partial charge is 0.334 e. The van der Waals surface area contributed by atoms with Crippen molar-refractivity contribution in [1.82, 2.24) is 10.3 Å². The van der Waals surface area contributed by atoms with E-state index in [0.717, 1.165) is 36.1 Å². The number of H-pyrrole nitrogens is 1. The zero-order chi connectivity index (χ0) is 22.5. The van der Waals surface area contributed by atoms with Gasteiger partial charge in [-0.2, -0.15) is 0 Å². The number of benzene rings is 2. The minimum atomic E-state index is -0.470. The van der Waals surface area contributed by atoms with E-state index in [4.69, 9.17) is 0 Å². The molecular formula is C25H26N4O3. The molecule has 0 bridgehead atoms. The van der Waals surface area contributed by atoms with Gasteiger partial charge in [-0.05, 0) is 73.2 Å². The first-order valence-corrected chi connectivity index (χ1v) is 10.7. The standard InChI is InChI=1S/C25H26N4O3/c1-17-15-19(24(31)29-14-5-4-8-18-7-2-3-10-22(18)29)11-12-20(17)16-27-25(32)28-21-9-6-13-26-23(21)30/h2-3,6-7,9-13,15H,4-5,8,14,16H2,1H3,(H,26,30)(H2,27,28,32). The van der Waals surface area contributed by atoms with E-state index in [1.807, 2.05) is 42.2 Å². The Kier molecular flexibility index (Phi) is 6.35. The molecule has 2 aromatic carbocycles. The summed E-state index contributed by atoms with van der Waals surface area (Å²) < 4.78 is 0. The summed E-state index contributed by atoms with van der Waals surface area (Å²) >= 11 is 0. The van der Waals surface area contributed by atoms with Crippen molar-refractivity contribution in [3.05, 3.63) is 93.4 Å². The Labute approximate surface area is 186 Å². The summed E-state index contributed by atoms with van der Waals surface area (Å²) in [6.45, 7) is 2.91. The average Bonchev–Trinajstić information content (AvgIpc) is 3.02. The molecule has 0 unspecified atom stereocenters. The Morgan fingerprint density at radius 3 is 2.72 bits per heavy atom. The number of nitrogens with one attached hydrogen (secondary N) is 3. The quantitative estimate of drug-likeness (QED) is 0.584. The lowest BCUT2D eigenvalue weighted by Gasteiger charge is -2.23. The Hall–Kier alpha value is -3.87. The van der Waals surface area contributed by atoms with Gasteiger partial charge in [0.15, 0.2) is 0 Å². The second kappa shape index (κ2) is 9.51. The van der Waals surface area contributed by atoms with Crippen LogP contribution in [0.15, 0.2) is 65.6 Å². The van der Waals surface area contributed by atoms with E-state index in [1.165, 1.54) is 17.8 Å². The number of anilines is 2. The van der Waals surface area contributed by atoms with Gasteiger partial charge < -0.3 is 20.5 Å². The van der Waals surface area contributed by atoms with Crippen LogP contribution in [0.3, 0.4) is 0 Å². The molecule has 0 atom stereocenters. The Morgan fingerprint density at radius 2 is 1.91 bits per heavy atom. The minimum absolute atomic E-state index is 0.0111. The number of hydrogen-bond acceptors (Lipinski definition) is 3. The van der Waals surface area contributed by atoms with Crippen molar-refractivity contribution in [2.24, 2.45) is 0 Å². The molecule has 2 heterocycles. The van der Waals surface area contributed by atoms with Gasteiger partial charge in [0.25, 0.3) is 11.5 Å². The van der Waals surface area contributed by atoms with Crippen LogP contribution in [0, 0.1) is 6.92 Å². The third kappa shape index (κ3) is 4.72. The fourth-order valence-corrected chi connectivity index (χ4v) is 3.95. The van der Waals surface area contributed by atoms with Crippen LogP contribution in [-0.2, 0) is 13.0 Å². The normalized spacial score (nSPS) is 13.1. The Balaban J connectivity index is 1.44. The number of rotatable bonds is 4. The summed E-state index contributed by atoms with van der Waals surface area (Å²) in [4.78, 5) is 41.5. The molecule has 7 nitrogen and oxygen atoms in total. The molecule has 32 heavy (non-hydrogen) atoms. The number of fused-ring (bicyclic) bond motifs is 1. The molecule has 7 heteroatoms. The number of carbonyl (C=O) groups excluding carboxylic acids is 2. The summed E-state index contributed by atoms with van der Waals surface area (Å²) in [5.41, 5.74) is 4.46. The van der Waals surface area contributed by atoms with E-state index in [2.05, 4.69) is 21.7 Å². The lowest BCUT2D eigenvalue weighted by molar-refractivity contribution is 0.0987. The van der Waals surface area contributed by atoms with E-state index < -0.39 is 6.03 Å². The van der Waals surface area contributed by atoms with E-state index in [-0.39, 0.29) is 23.7 Å². The molecular weight excluding hydrogens is 404 g/mol. The van der Waals surface area contributed by atoms with Crippen LogP contribution in [0.1, 0.15) is 39.9 Å². The highest BCUT2D eigenvalue weighted by molar-refractivity contribution is 6.06. The number of aromatic amines is 1. The molecule has 3 amide bonds. The first-order valence-electron chi connectivity index (χ1n) is 10.7. The van der Waals surface area contributed by atoms with Crippen LogP contribution in [0.2, 0.25) is 0 Å². The number of urea groups is 1. The van der Waals surface area contributed by atoms with E-state index in [1.54, 1.807) is 12.1 Å². The van der Waals surface area contributed by atoms with Crippen molar-refractivity contribution < 1.29 is 9.59 Å². The first-order chi connectivity index (χ1) is 15.5. The lowest BCUT2D eigenvalue weighted by atomic mass is 10.0. The van der Waals surface area contributed by atoms with Gasteiger partial charge in [-0.15, -0.1) is 0 Å². The van der Waals surface area contributed by atoms with Crippen molar-refractivity contribution in [2.45, 2.75) is 32.7 Å². The van der Waals surface area contributed by atoms with Gasteiger partial charge in [-0.1, -0.05) is 24.3 Å². The summed E-state index contributed by atoms with van der Waals surface area (Å²) in [6, 6.07) is 16.3. The van der Waals surface area contributed by atoms with Crippen LogP contribution in [0.4, 0.5) is 16.2 Å². The second-order valence-corrected chi connectivity index (χ2v) is 7.90. The number of pyridine rings is 1. The van der Waals surface area contributed by atoms with E-state index >= 15 is 0 Å². The van der Waals surface area contributed by atoms with Crippen LogP contribution >= 0.6 is 0 Å². The highest BCUT2D eigenvalue weighted by atomic mass is 16.2. The maximum atomic E-state index is 13.3. The second-order valence-electron chi connectivity index (χ2n) is 7.90. The average molecular weight is 431 g/mol. The van der Waals surface area contributed by atoms with Gasteiger partial charge >= 0.3 is 6.03 Å². The summed E-state index contributed by atoms with van der Waals surface area (Å²) in [5, 5.41) is 5.28. The molecule has 1 aromatic heterocycles. The third-order valence-corrected chi connectivity index (χ3v) is 5.70. The van der Waals surface area contributed by atoms with Gasteiger partial charge in [0, 0.05) is 30.5 Å². The van der Waals surface area contributed by atoms with Crippen LogP contribution in [0.25, 0.3) is 0 Å². The molecule has 3 N–H and O–H groups in total. The lowest BCUT2D eigenvalue weighted by Crippen LogP contribution is -2.32. The maximum absolute atomic E-state index is 13.3. The fraction of sp³-hybridized carbons (Fsp3) is 0.240. The predicted octanol–water partition coefficient (Wildman–Crippen LogP) is 3.99. The molecule has 164 valence electrons. The van der Waals surface area contributed by atoms with Crippen molar-refractivity contribution in [1.29, 1.82) is 0 Å².